The summed E-state index contributed by atoms with van der Waals surface area (Å²) >= 11 is 5.20. The van der Waals surface area contributed by atoms with E-state index in [4.69, 9.17) is 18.0 Å². The number of nitrogens with zero attached hydrogens (tertiary/aromatic N) is 1. The van der Waals surface area contributed by atoms with Crippen molar-refractivity contribution in [1.29, 1.82) is 0 Å². The van der Waals surface area contributed by atoms with E-state index in [1.165, 1.54) is 0 Å². The van der Waals surface area contributed by atoms with Gasteiger partial charge in [0.2, 0.25) is 5.91 Å². The van der Waals surface area contributed by atoms with E-state index in [-0.39, 0.29) is 11.8 Å². The first-order valence-electron chi connectivity index (χ1n) is 5.52. The van der Waals surface area contributed by atoms with Crippen molar-refractivity contribution in [1.82, 2.24) is 10.3 Å². The van der Waals surface area contributed by atoms with Crippen molar-refractivity contribution in [3.05, 3.63) is 30.1 Å². The van der Waals surface area contributed by atoms with E-state index in [0.717, 1.165) is 10.6 Å². The third kappa shape index (κ3) is 5.97. The molecule has 3 N–H and O–H groups in total. The zero-order valence-electron chi connectivity index (χ0n) is 9.85. The zero-order chi connectivity index (χ0) is 12.7. The van der Waals surface area contributed by atoms with E-state index < -0.39 is 0 Å². The summed E-state index contributed by atoms with van der Waals surface area (Å²) in [7, 11) is 0. The second kappa shape index (κ2) is 6.96. The maximum atomic E-state index is 10.7. The van der Waals surface area contributed by atoms with E-state index in [2.05, 4.69) is 10.3 Å². The van der Waals surface area contributed by atoms with Crippen molar-refractivity contribution in [3.63, 3.8) is 0 Å². The van der Waals surface area contributed by atoms with Gasteiger partial charge in [-0.25, -0.2) is 0 Å². The number of thiocarbonyl (C=S) groups is 1. The SMILES string of the molecule is C[C@H](CC(N)=O)CC(=S)NCc1cccnc1. The van der Waals surface area contributed by atoms with Crippen molar-refractivity contribution in [2.45, 2.75) is 26.3 Å². The van der Waals surface area contributed by atoms with E-state index in [9.17, 15) is 4.79 Å². The van der Waals surface area contributed by atoms with Crippen LogP contribution >= 0.6 is 12.2 Å². The Labute approximate surface area is 107 Å². The molecule has 4 nitrogen and oxygen atoms in total. The van der Waals surface area contributed by atoms with Crippen LogP contribution in [0.15, 0.2) is 24.5 Å². The van der Waals surface area contributed by atoms with Crippen molar-refractivity contribution < 1.29 is 4.79 Å². The molecule has 0 bridgehead atoms. The third-order valence-corrected chi connectivity index (χ3v) is 2.61. The molecule has 0 aliphatic carbocycles. The van der Waals surface area contributed by atoms with Crippen LogP contribution in [0.2, 0.25) is 0 Å². The van der Waals surface area contributed by atoms with E-state index >= 15 is 0 Å². The number of aromatic nitrogens is 1. The standard InChI is InChI=1S/C12H17N3OS/c1-9(5-11(13)16)6-12(17)15-8-10-3-2-4-14-7-10/h2-4,7,9H,5-6,8H2,1H3,(H2,13,16)(H,15,17)/t9-/m1/s1. The lowest BCUT2D eigenvalue weighted by Crippen LogP contribution is -2.24. The van der Waals surface area contributed by atoms with Crippen molar-refractivity contribution in [2.75, 3.05) is 0 Å². The monoisotopic (exact) mass is 251 g/mol. The number of carbonyl (C=O) groups is 1. The Kier molecular flexibility index (Phi) is 5.56. The van der Waals surface area contributed by atoms with E-state index in [1.807, 2.05) is 19.1 Å². The fourth-order valence-electron chi connectivity index (χ4n) is 1.51. The van der Waals surface area contributed by atoms with Crippen LogP contribution in [0.1, 0.15) is 25.3 Å². The molecule has 92 valence electrons. The minimum Gasteiger partial charge on any atom is -0.376 e. The fourth-order valence-corrected chi connectivity index (χ4v) is 1.86. The van der Waals surface area contributed by atoms with Gasteiger partial charge in [-0.2, -0.15) is 0 Å². The van der Waals surface area contributed by atoms with Gasteiger partial charge in [-0.1, -0.05) is 25.2 Å². The molecule has 1 atom stereocenters. The van der Waals surface area contributed by atoms with Crippen molar-refractivity contribution >= 4 is 23.1 Å². The summed E-state index contributed by atoms with van der Waals surface area (Å²) in [5, 5.41) is 3.14. The zero-order valence-corrected chi connectivity index (χ0v) is 10.7. The average Bonchev–Trinajstić information content (AvgIpc) is 2.26. The van der Waals surface area contributed by atoms with Crippen molar-refractivity contribution in [2.24, 2.45) is 11.7 Å². The topological polar surface area (TPSA) is 68.0 Å². The van der Waals surface area contributed by atoms with E-state index in [0.29, 0.717) is 19.4 Å². The Morgan fingerprint density at radius 3 is 2.94 bits per heavy atom. The quantitative estimate of drug-likeness (QED) is 0.750. The molecule has 17 heavy (non-hydrogen) atoms. The number of rotatable bonds is 6. The molecular formula is C12H17N3OS. The highest BCUT2D eigenvalue weighted by Crippen LogP contribution is 2.07. The first-order valence-corrected chi connectivity index (χ1v) is 5.92. The van der Waals surface area contributed by atoms with Gasteiger partial charge in [0, 0.05) is 31.8 Å². The lowest BCUT2D eigenvalue weighted by Gasteiger charge is -2.12. The molecule has 0 aromatic carbocycles. The van der Waals surface area contributed by atoms with Gasteiger partial charge in [-0.15, -0.1) is 0 Å². The summed E-state index contributed by atoms with van der Waals surface area (Å²) in [5.74, 6) is -0.103. The van der Waals surface area contributed by atoms with E-state index in [1.54, 1.807) is 12.4 Å². The minimum absolute atomic E-state index is 0.182. The molecule has 1 aromatic heterocycles. The molecule has 1 rings (SSSR count). The fraction of sp³-hybridized carbons (Fsp3) is 0.417. The predicted octanol–water partition coefficient (Wildman–Crippen LogP) is 1.40. The molecular weight excluding hydrogens is 234 g/mol. The summed E-state index contributed by atoms with van der Waals surface area (Å²) in [6.07, 6.45) is 4.58. The molecule has 0 saturated heterocycles. The molecule has 0 fully saturated rings. The average molecular weight is 251 g/mol. The van der Waals surface area contributed by atoms with Crippen LogP contribution < -0.4 is 11.1 Å². The van der Waals surface area contributed by atoms with Crippen molar-refractivity contribution in [3.8, 4) is 0 Å². The minimum atomic E-state index is -0.285. The number of pyridine rings is 1. The molecule has 0 aliphatic heterocycles. The summed E-state index contributed by atoms with van der Waals surface area (Å²) in [5.41, 5.74) is 6.20. The van der Waals surface area contributed by atoms with Crippen LogP contribution in [0.5, 0.6) is 0 Å². The number of hydrogen-bond donors (Lipinski definition) is 2. The molecule has 0 aliphatic rings. The molecule has 0 radical (unpaired) electrons. The first-order chi connectivity index (χ1) is 8.08. The molecule has 0 saturated carbocycles. The first kappa shape index (κ1) is 13.6. The molecule has 0 spiro atoms. The number of carbonyl (C=O) groups excluding carboxylic acids is 1. The normalized spacial score (nSPS) is 11.8. The van der Waals surface area contributed by atoms with Crippen LogP contribution in [-0.4, -0.2) is 15.9 Å². The van der Waals surface area contributed by atoms with Gasteiger partial charge in [0.05, 0.1) is 4.99 Å². The lowest BCUT2D eigenvalue weighted by molar-refractivity contribution is -0.118. The van der Waals surface area contributed by atoms with Crippen LogP contribution in [0.4, 0.5) is 0 Å². The number of nitrogens with one attached hydrogen (secondary N) is 1. The van der Waals surface area contributed by atoms with Gasteiger partial charge in [0.1, 0.15) is 0 Å². The van der Waals surface area contributed by atoms with Gasteiger partial charge >= 0.3 is 0 Å². The number of nitrogens with two attached hydrogens (primary N) is 1. The summed E-state index contributed by atoms with van der Waals surface area (Å²) in [6, 6.07) is 3.87. The van der Waals surface area contributed by atoms with Gasteiger partial charge in [-0.3, -0.25) is 9.78 Å². The summed E-state index contributed by atoms with van der Waals surface area (Å²) in [6.45, 7) is 2.62. The molecule has 0 unspecified atom stereocenters. The maximum absolute atomic E-state index is 10.7. The number of hydrogen-bond acceptors (Lipinski definition) is 3. The van der Waals surface area contributed by atoms with Crippen LogP contribution in [0.25, 0.3) is 0 Å². The van der Waals surface area contributed by atoms with Crippen LogP contribution in [-0.2, 0) is 11.3 Å². The third-order valence-electron chi connectivity index (χ3n) is 2.30. The highest BCUT2D eigenvalue weighted by atomic mass is 32.1. The van der Waals surface area contributed by atoms with Crippen LogP contribution in [0, 0.1) is 5.92 Å². The Balaban J connectivity index is 2.28. The maximum Gasteiger partial charge on any atom is 0.217 e. The molecule has 1 aromatic rings. The smallest absolute Gasteiger partial charge is 0.217 e. The largest absolute Gasteiger partial charge is 0.376 e. The van der Waals surface area contributed by atoms with Crippen LogP contribution in [0.3, 0.4) is 0 Å². The Hall–Kier alpha value is -1.49. The summed E-state index contributed by atoms with van der Waals surface area (Å²) in [4.78, 5) is 15.5. The molecule has 5 heteroatoms. The van der Waals surface area contributed by atoms with Gasteiger partial charge in [-0.05, 0) is 17.5 Å². The Morgan fingerprint density at radius 1 is 1.59 bits per heavy atom. The molecule has 1 amide bonds. The molecule has 1 heterocycles. The number of primary amides is 1. The lowest BCUT2D eigenvalue weighted by atomic mass is 10.0. The number of amides is 1. The second-order valence-corrected chi connectivity index (χ2v) is 4.61. The highest BCUT2D eigenvalue weighted by Gasteiger charge is 2.08. The highest BCUT2D eigenvalue weighted by molar-refractivity contribution is 7.80. The Bertz CT molecular complexity index is 381. The second-order valence-electron chi connectivity index (χ2n) is 4.12. The van der Waals surface area contributed by atoms with Gasteiger partial charge in [0.25, 0.3) is 0 Å². The van der Waals surface area contributed by atoms with Gasteiger partial charge in [0.15, 0.2) is 0 Å². The predicted molar refractivity (Wildman–Crippen MR) is 71.3 cm³/mol. The summed E-state index contributed by atoms with van der Waals surface area (Å²) < 4.78 is 0. The van der Waals surface area contributed by atoms with Gasteiger partial charge < -0.3 is 11.1 Å². The Morgan fingerprint density at radius 2 is 2.35 bits per heavy atom.